The van der Waals surface area contributed by atoms with Gasteiger partial charge in [-0.15, -0.1) is 0 Å². The average Bonchev–Trinajstić information content (AvgIpc) is 2.40. The van der Waals surface area contributed by atoms with Gasteiger partial charge in [0, 0.05) is 11.2 Å². The van der Waals surface area contributed by atoms with E-state index in [2.05, 4.69) is 4.99 Å². The number of aryl methyl sites for hydroxylation is 1. The van der Waals surface area contributed by atoms with E-state index in [9.17, 15) is 0 Å². The first-order valence-electron chi connectivity index (χ1n) is 5.63. The molecule has 0 atom stereocenters. The van der Waals surface area contributed by atoms with Crippen LogP contribution in [0.25, 0.3) is 0 Å². The van der Waals surface area contributed by atoms with E-state index in [-0.39, 0.29) is 0 Å². The van der Waals surface area contributed by atoms with Gasteiger partial charge in [0.15, 0.2) is 0 Å². The van der Waals surface area contributed by atoms with E-state index in [0.29, 0.717) is 0 Å². The van der Waals surface area contributed by atoms with Gasteiger partial charge in [0.2, 0.25) is 0 Å². The van der Waals surface area contributed by atoms with Crippen molar-refractivity contribution in [2.45, 2.75) is 6.92 Å². The Kier molecular flexibility index (Phi) is 4.00. The maximum Gasteiger partial charge on any atom is 0.119 e. The van der Waals surface area contributed by atoms with Gasteiger partial charge in [-0.1, -0.05) is 29.8 Å². The lowest BCUT2D eigenvalue weighted by Gasteiger charge is -2.01. The molecule has 0 radical (unpaired) electrons. The number of hydrogen-bond donors (Lipinski definition) is 0. The Morgan fingerprint density at radius 3 is 2.72 bits per heavy atom. The Morgan fingerprint density at radius 1 is 1.17 bits per heavy atom. The van der Waals surface area contributed by atoms with Crippen LogP contribution in [-0.2, 0) is 0 Å². The van der Waals surface area contributed by atoms with E-state index in [4.69, 9.17) is 16.3 Å². The van der Waals surface area contributed by atoms with Crippen molar-refractivity contribution in [1.82, 2.24) is 0 Å². The van der Waals surface area contributed by atoms with Crippen molar-refractivity contribution in [2.75, 3.05) is 7.11 Å². The fourth-order valence-electron chi connectivity index (χ4n) is 1.53. The number of nitrogens with zero attached hydrogens (tertiary/aromatic N) is 1. The van der Waals surface area contributed by atoms with Crippen LogP contribution in [0.3, 0.4) is 0 Å². The number of benzene rings is 2. The first-order valence-corrected chi connectivity index (χ1v) is 6.01. The molecule has 0 spiro atoms. The molecule has 92 valence electrons. The first kappa shape index (κ1) is 12.7. The van der Waals surface area contributed by atoms with Gasteiger partial charge in [0.25, 0.3) is 0 Å². The van der Waals surface area contributed by atoms with Crippen LogP contribution in [0.5, 0.6) is 5.75 Å². The molecule has 0 heterocycles. The smallest absolute Gasteiger partial charge is 0.119 e. The minimum absolute atomic E-state index is 0.732. The number of halogens is 1. The zero-order chi connectivity index (χ0) is 13.0. The minimum atomic E-state index is 0.732. The topological polar surface area (TPSA) is 21.6 Å². The van der Waals surface area contributed by atoms with Crippen molar-refractivity contribution in [2.24, 2.45) is 4.99 Å². The van der Waals surface area contributed by atoms with E-state index in [0.717, 1.165) is 27.6 Å². The number of rotatable bonds is 3. The highest BCUT2D eigenvalue weighted by molar-refractivity contribution is 6.31. The molecule has 0 saturated carbocycles. The number of ether oxygens (including phenoxy) is 1. The number of hydrogen-bond acceptors (Lipinski definition) is 2. The van der Waals surface area contributed by atoms with Gasteiger partial charge in [-0.2, -0.15) is 0 Å². The Hall–Kier alpha value is -1.80. The van der Waals surface area contributed by atoms with Gasteiger partial charge in [-0.05, 0) is 42.3 Å². The second-order valence-electron chi connectivity index (χ2n) is 3.97. The van der Waals surface area contributed by atoms with Crippen molar-refractivity contribution < 1.29 is 4.74 Å². The van der Waals surface area contributed by atoms with Crippen LogP contribution < -0.4 is 4.74 Å². The van der Waals surface area contributed by atoms with E-state index in [1.807, 2.05) is 49.4 Å². The molecule has 18 heavy (non-hydrogen) atoms. The standard InChI is InChI=1S/C15H14ClNO/c1-11-6-7-13(9-15(11)16)17-10-12-4-3-5-14(8-12)18-2/h3-10H,1-2H3. The van der Waals surface area contributed by atoms with Crippen LogP contribution in [0, 0.1) is 6.92 Å². The lowest BCUT2D eigenvalue weighted by atomic mass is 10.2. The fraction of sp³-hybridized carbons (Fsp3) is 0.133. The SMILES string of the molecule is COc1cccc(C=Nc2ccc(C)c(Cl)c2)c1. The number of aliphatic imine (C=N–C) groups is 1. The Labute approximate surface area is 112 Å². The molecule has 0 saturated heterocycles. The Bertz CT molecular complexity index is 578. The molecule has 0 aliphatic rings. The predicted octanol–water partition coefficient (Wildman–Crippen LogP) is 4.41. The van der Waals surface area contributed by atoms with Crippen molar-refractivity contribution in [3.63, 3.8) is 0 Å². The molecule has 0 bridgehead atoms. The lowest BCUT2D eigenvalue weighted by Crippen LogP contribution is -1.85. The molecule has 0 aliphatic carbocycles. The van der Waals surface area contributed by atoms with Crippen molar-refractivity contribution in [3.8, 4) is 5.75 Å². The highest BCUT2D eigenvalue weighted by Crippen LogP contribution is 2.22. The molecule has 2 nitrogen and oxygen atoms in total. The molecule has 3 heteroatoms. The molecular weight excluding hydrogens is 246 g/mol. The highest BCUT2D eigenvalue weighted by atomic mass is 35.5. The zero-order valence-corrected chi connectivity index (χ0v) is 11.1. The summed E-state index contributed by atoms with van der Waals surface area (Å²) in [5.41, 5.74) is 2.89. The monoisotopic (exact) mass is 259 g/mol. The van der Waals surface area contributed by atoms with Crippen LogP contribution in [0.15, 0.2) is 47.5 Å². The van der Waals surface area contributed by atoms with Crippen molar-refractivity contribution >= 4 is 23.5 Å². The van der Waals surface area contributed by atoms with E-state index in [1.54, 1.807) is 13.3 Å². The molecule has 0 aromatic heterocycles. The van der Waals surface area contributed by atoms with Gasteiger partial charge < -0.3 is 4.74 Å². The van der Waals surface area contributed by atoms with Gasteiger partial charge in [0.05, 0.1) is 12.8 Å². The molecule has 0 aliphatic heterocycles. The van der Waals surface area contributed by atoms with Crippen LogP contribution in [0.4, 0.5) is 5.69 Å². The third-order valence-corrected chi connectivity index (χ3v) is 3.02. The summed E-state index contributed by atoms with van der Waals surface area (Å²) >= 11 is 6.05. The number of methoxy groups -OCH3 is 1. The summed E-state index contributed by atoms with van der Waals surface area (Å²) in [5.74, 6) is 0.820. The van der Waals surface area contributed by atoms with E-state index < -0.39 is 0 Å². The maximum absolute atomic E-state index is 6.05. The van der Waals surface area contributed by atoms with Gasteiger partial charge in [0.1, 0.15) is 5.75 Å². The maximum atomic E-state index is 6.05. The van der Waals surface area contributed by atoms with Crippen molar-refractivity contribution in [1.29, 1.82) is 0 Å². The fourth-order valence-corrected chi connectivity index (χ4v) is 1.71. The Morgan fingerprint density at radius 2 is 2.00 bits per heavy atom. The molecule has 0 unspecified atom stereocenters. The Balaban J connectivity index is 2.21. The summed E-state index contributed by atoms with van der Waals surface area (Å²) in [4.78, 5) is 4.39. The summed E-state index contributed by atoms with van der Waals surface area (Å²) in [7, 11) is 1.65. The summed E-state index contributed by atoms with van der Waals surface area (Å²) in [6.45, 7) is 1.97. The molecule has 2 aromatic carbocycles. The first-order chi connectivity index (χ1) is 8.69. The van der Waals surface area contributed by atoms with Crippen molar-refractivity contribution in [3.05, 3.63) is 58.6 Å². The largest absolute Gasteiger partial charge is 0.497 e. The summed E-state index contributed by atoms with van der Waals surface area (Å²) in [6, 6.07) is 13.5. The summed E-state index contributed by atoms with van der Waals surface area (Å²) in [6.07, 6.45) is 1.80. The minimum Gasteiger partial charge on any atom is -0.497 e. The highest BCUT2D eigenvalue weighted by Gasteiger charge is 1.96. The molecule has 0 amide bonds. The van der Waals surface area contributed by atoms with E-state index in [1.165, 1.54) is 0 Å². The second-order valence-corrected chi connectivity index (χ2v) is 4.38. The van der Waals surface area contributed by atoms with E-state index >= 15 is 0 Å². The molecule has 2 rings (SSSR count). The third kappa shape index (κ3) is 3.11. The molecule has 2 aromatic rings. The van der Waals surface area contributed by atoms with Crippen LogP contribution >= 0.6 is 11.6 Å². The van der Waals surface area contributed by atoms with Crippen LogP contribution in [0.1, 0.15) is 11.1 Å². The molecule has 0 fully saturated rings. The second kappa shape index (κ2) is 5.69. The lowest BCUT2D eigenvalue weighted by molar-refractivity contribution is 0.415. The summed E-state index contributed by atoms with van der Waals surface area (Å²) < 4.78 is 5.16. The van der Waals surface area contributed by atoms with Gasteiger partial charge in [-0.3, -0.25) is 4.99 Å². The quantitative estimate of drug-likeness (QED) is 0.749. The predicted molar refractivity (Wildman–Crippen MR) is 76.4 cm³/mol. The zero-order valence-electron chi connectivity index (χ0n) is 10.4. The molecular formula is C15H14ClNO. The van der Waals surface area contributed by atoms with Gasteiger partial charge >= 0.3 is 0 Å². The summed E-state index contributed by atoms with van der Waals surface area (Å²) in [5, 5.41) is 0.732. The van der Waals surface area contributed by atoms with Crippen LogP contribution in [-0.4, -0.2) is 13.3 Å². The normalized spacial score (nSPS) is 10.8. The van der Waals surface area contributed by atoms with Crippen LogP contribution in [0.2, 0.25) is 5.02 Å². The molecule has 0 N–H and O–H groups in total. The average molecular weight is 260 g/mol. The third-order valence-electron chi connectivity index (χ3n) is 2.61. The van der Waals surface area contributed by atoms with Gasteiger partial charge in [-0.25, -0.2) is 0 Å².